The van der Waals surface area contributed by atoms with Crippen molar-refractivity contribution in [2.75, 3.05) is 6.61 Å². The molecule has 0 saturated carbocycles. The summed E-state index contributed by atoms with van der Waals surface area (Å²) in [6.07, 6.45) is -0.357. The molecule has 0 amide bonds. The smallest absolute Gasteiger partial charge is 0.300 e. The van der Waals surface area contributed by atoms with Crippen LogP contribution >= 0.6 is 0 Å². The number of aliphatic hydroxyl groups is 1. The zero-order chi connectivity index (χ0) is 11.1. The lowest BCUT2D eigenvalue weighted by Crippen LogP contribution is -2.24. The van der Waals surface area contributed by atoms with Crippen LogP contribution in [0.5, 0.6) is 0 Å². The van der Waals surface area contributed by atoms with Gasteiger partial charge in [-0.1, -0.05) is 0 Å². The minimum atomic E-state index is -0.833. The Labute approximate surface area is 79.5 Å². The van der Waals surface area contributed by atoms with Gasteiger partial charge in [-0.15, -0.1) is 0 Å². The van der Waals surface area contributed by atoms with Crippen LogP contribution < -0.4 is 0 Å². The molecule has 0 saturated heterocycles. The Hall–Kier alpha value is -0.610. The van der Waals surface area contributed by atoms with E-state index in [0.29, 0.717) is 6.61 Å². The molecule has 0 radical (unpaired) electrons. The van der Waals surface area contributed by atoms with Gasteiger partial charge in [0.25, 0.3) is 5.97 Å². The van der Waals surface area contributed by atoms with E-state index in [1.807, 2.05) is 20.8 Å². The lowest BCUT2D eigenvalue weighted by Gasteiger charge is -2.20. The first-order chi connectivity index (χ1) is 5.65. The van der Waals surface area contributed by atoms with Crippen LogP contribution in [0.2, 0.25) is 0 Å². The van der Waals surface area contributed by atoms with Crippen LogP contribution in [0.1, 0.15) is 34.6 Å². The number of hydrogen-bond donors (Lipinski definition) is 2. The highest BCUT2D eigenvalue weighted by Gasteiger charge is 2.10. The van der Waals surface area contributed by atoms with E-state index in [9.17, 15) is 0 Å². The van der Waals surface area contributed by atoms with Crippen molar-refractivity contribution >= 4 is 5.97 Å². The van der Waals surface area contributed by atoms with Gasteiger partial charge in [-0.3, -0.25) is 4.79 Å². The van der Waals surface area contributed by atoms with Crippen molar-refractivity contribution in [1.29, 1.82) is 0 Å². The Bertz CT molecular complexity index is 131. The Morgan fingerprint density at radius 2 is 1.77 bits per heavy atom. The van der Waals surface area contributed by atoms with Crippen LogP contribution in [0.3, 0.4) is 0 Å². The Morgan fingerprint density at radius 1 is 1.46 bits per heavy atom. The Kier molecular flexibility index (Phi) is 7.85. The number of carboxylic acid groups (broad SMARTS) is 1. The molecule has 4 heteroatoms. The highest BCUT2D eigenvalue weighted by atomic mass is 16.5. The maximum absolute atomic E-state index is 9.00. The van der Waals surface area contributed by atoms with Crippen molar-refractivity contribution in [1.82, 2.24) is 0 Å². The van der Waals surface area contributed by atoms with Gasteiger partial charge in [-0.05, 0) is 27.7 Å². The van der Waals surface area contributed by atoms with E-state index in [0.717, 1.165) is 6.92 Å². The average Bonchev–Trinajstić information content (AvgIpc) is 1.80. The predicted molar refractivity (Wildman–Crippen MR) is 50.7 cm³/mol. The SMILES string of the molecule is CC(=O)O.CC(O)COC(C)(C)C. The molecule has 0 fully saturated rings. The molecular weight excluding hydrogens is 172 g/mol. The quantitative estimate of drug-likeness (QED) is 0.691. The normalized spacial score (nSPS) is 12.8. The summed E-state index contributed by atoms with van der Waals surface area (Å²) in [5.41, 5.74) is -0.128. The van der Waals surface area contributed by atoms with Gasteiger partial charge in [0, 0.05) is 6.92 Å². The first kappa shape index (κ1) is 14.9. The topological polar surface area (TPSA) is 66.8 Å². The zero-order valence-electron chi connectivity index (χ0n) is 9.00. The number of hydrogen-bond acceptors (Lipinski definition) is 3. The molecule has 0 heterocycles. The maximum Gasteiger partial charge on any atom is 0.300 e. The number of carboxylic acids is 1. The minimum absolute atomic E-state index is 0.128. The van der Waals surface area contributed by atoms with E-state index >= 15 is 0 Å². The van der Waals surface area contributed by atoms with E-state index in [1.54, 1.807) is 6.92 Å². The number of aliphatic carboxylic acids is 1. The van der Waals surface area contributed by atoms with E-state index < -0.39 is 5.97 Å². The fourth-order valence-electron chi connectivity index (χ4n) is 0.371. The van der Waals surface area contributed by atoms with Crippen molar-refractivity contribution in [3.8, 4) is 0 Å². The fraction of sp³-hybridized carbons (Fsp3) is 0.889. The molecule has 80 valence electrons. The van der Waals surface area contributed by atoms with E-state index in [2.05, 4.69) is 0 Å². The lowest BCUT2D eigenvalue weighted by molar-refractivity contribution is -0.134. The summed E-state index contributed by atoms with van der Waals surface area (Å²) in [5, 5.41) is 16.2. The number of aliphatic hydroxyl groups excluding tert-OH is 1. The van der Waals surface area contributed by atoms with Gasteiger partial charge in [0.2, 0.25) is 0 Å². The summed E-state index contributed by atoms with van der Waals surface area (Å²) < 4.78 is 5.24. The number of rotatable bonds is 2. The molecule has 1 atom stereocenters. The summed E-state index contributed by atoms with van der Waals surface area (Å²) in [6, 6.07) is 0. The largest absolute Gasteiger partial charge is 0.481 e. The van der Waals surface area contributed by atoms with E-state index in [1.165, 1.54) is 0 Å². The summed E-state index contributed by atoms with van der Waals surface area (Å²) in [4.78, 5) is 9.00. The van der Waals surface area contributed by atoms with Crippen molar-refractivity contribution in [3.05, 3.63) is 0 Å². The summed E-state index contributed by atoms with van der Waals surface area (Å²) in [5.74, 6) is -0.833. The molecule has 0 aromatic heterocycles. The van der Waals surface area contributed by atoms with Crippen molar-refractivity contribution in [3.63, 3.8) is 0 Å². The highest BCUT2D eigenvalue weighted by molar-refractivity contribution is 5.62. The van der Waals surface area contributed by atoms with Crippen LogP contribution in [0, 0.1) is 0 Å². The minimum Gasteiger partial charge on any atom is -0.481 e. The molecule has 0 rings (SSSR count). The number of carbonyl (C=O) groups is 1. The van der Waals surface area contributed by atoms with Crippen molar-refractivity contribution in [2.24, 2.45) is 0 Å². The third kappa shape index (κ3) is 34.6. The van der Waals surface area contributed by atoms with Gasteiger partial charge >= 0.3 is 0 Å². The van der Waals surface area contributed by atoms with E-state index in [4.69, 9.17) is 19.7 Å². The molecular formula is C9H20O4. The summed E-state index contributed by atoms with van der Waals surface area (Å²) >= 11 is 0. The molecule has 4 nitrogen and oxygen atoms in total. The third-order valence-corrected chi connectivity index (χ3v) is 0.758. The van der Waals surface area contributed by atoms with Crippen LogP contribution in [-0.2, 0) is 9.53 Å². The Balaban J connectivity index is 0. The van der Waals surface area contributed by atoms with Crippen molar-refractivity contribution < 1.29 is 19.7 Å². The maximum atomic E-state index is 9.00. The molecule has 0 aliphatic rings. The standard InChI is InChI=1S/C7H16O2.C2H4O2/c1-6(8)5-9-7(2,3)4;1-2(3)4/h6,8H,5H2,1-4H3;1H3,(H,3,4). The molecule has 0 aliphatic carbocycles. The zero-order valence-corrected chi connectivity index (χ0v) is 9.00. The highest BCUT2D eigenvalue weighted by Crippen LogP contribution is 2.06. The second kappa shape index (κ2) is 6.86. The molecule has 0 aliphatic heterocycles. The molecule has 2 N–H and O–H groups in total. The second-order valence-electron chi connectivity index (χ2n) is 3.79. The summed E-state index contributed by atoms with van der Waals surface area (Å²) in [6.45, 7) is 9.12. The van der Waals surface area contributed by atoms with Gasteiger partial charge in [0.15, 0.2) is 0 Å². The van der Waals surface area contributed by atoms with Gasteiger partial charge in [0.1, 0.15) is 0 Å². The molecule has 0 spiro atoms. The van der Waals surface area contributed by atoms with Gasteiger partial charge < -0.3 is 14.9 Å². The molecule has 0 aromatic rings. The van der Waals surface area contributed by atoms with Crippen LogP contribution in [0.4, 0.5) is 0 Å². The fourth-order valence-corrected chi connectivity index (χ4v) is 0.371. The van der Waals surface area contributed by atoms with Crippen LogP contribution in [0.25, 0.3) is 0 Å². The second-order valence-corrected chi connectivity index (χ2v) is 3.79. The van der Waals surface area contributed by atoms with Crippen LogP contribution in [0.15, 0.2) is 0 Å². The lowest BCUT2D eigenvalue weighted by atomic mass is 10.2. The first-order valence-corrected chi connectivity index (χ1v) is 4.16. The monoisotopic (exact) mass is 192 g/mol. The average molecular weight is 192 g/mol. The van der Waals surface area contributed by atoms with E-state index in [-0.39, 0.29) is 11.7 Å². The molecule has 0 bridgehead atoms. The molecule has 13 heavy (non-hydrogen) atoms. The van der Waals surface area contributed by atoms with Crippen LogP contribution in [-0.4, -0.2) is 34.5 Å². The van der Waals surface area contributed by atoms with Gasteiger partial charge in [0.05, 0.1) is 18.3 Å². The summed E-state index contributed by atoms with van der Waals surface area (Å²) in [7, 11) is 0. The third-order valence-electron chi connectivity index (χ3n) is 0.758. The first-order valence-electron chi connectivity index (χ1n) is 4.16. The predicted octanol–water partition coefficient (Wildman–Crippen LogP) is 1.27. The molecule has 0 aromatic carbocycles. The molecule has 1 unspecified atom stereocenters. The van der Waals surface area contributed by atoms with Gasteiger partial charge in [-0.25, -0.2) is 0 Å². The van der Waals surface area contributed by atoms with Gasteiger partial charge in [-0.2, -0.15) is 0 Å². The number of ether oxygens (including phenoxy) is 1. The Morgan fingerprint density at radius 3 is 1.85 bits per heavy atom. The van der Waals surface area contributed by atoms with Crippen molar-refractivity contribution in [2.45, 2.75) is 46.3 Å².